The highest BCUT2D eigenvalue weighted by Gasteiger charge is 2.17. The molecule has 0 unspecified atom stereocenters. The van der Waals surface area contributed by atoms with Crippen LogP contribution in [0.4, 0.5) is 11.5 Å². The minimum Gasteiger partial charge on any atom is -0.339 e. The number of hydrogen-bond acceptors (Lipinski definition) is 4. The van der Waals surface area contributed by atoms with Crippen molar-refractivity contribution in [1.29, 1.82) is 0 Å². The van der Waals surface area contributed by atoms with Gasteiger partial charge in [-0.2, -0.15) is 0 Å². The van der Waals surface area contributed by atoms with E-state index in [-0.39, 0.29) is 5.91 Å². The molecule has 0 aliphatic heterocycles. The Balaban J connectivity index is 2.37. The Morgan fingerprint density at radius 2 is 2.10 bits per heavy atom. The normalized spacial score (nSPS) is 10.3. The standard InChI is InChI=1S/C15H16ClN3O2/c1-10-12(16)7-4-8-13(10)18-14-11(6-5-9-17-14)15(20)19(2)21-3/h4-9H,1-3H3,(H,17,18). The highest BCUT2D eigenvalue weighted by molar-refractivity contribution is 6.31. The molecule has 0 bridgehead atoms. The third-order valence-electron chi connectivity index (χ3n) is 3.12. The number of carbonyl (C=O) groups is 1. The van der Waals surface area contributed by atoms with Crippen molar-refractivity contribution in [2.24, 2.45) is 0 Å². The molecule has 0 saturated carbocycles. The monoisotopic (exact) mass is 305 g/mol. The summed E-state index contributed by atoms with van der Waals surface area (Å²) >= 11 is 6.10. The van der Waals surface area contributed by atoms with Crippen LogP contribution >= 0.6 is 11.6 Å². The minimum atomic E-state index is -0.284. The second-order valence-corrected chi connectivity index (χ2v) is 4.83. The maximum Gasteiger partial charge on any atom is 0.280 e. The second kappa shape index (κ2) is 6.56. The fourth-order valence-corrected chi connectivity index (χ4v) is 1.98. The number of hydrogen-bond donors (Lipinski definition) is 1. The van der Waals surface area contributed by atoms with E-state index in [0.29, 0.717) is 16.4 Å². The van der Waals surface area contributed by atoms with Crippen molar-refractivity contribution >= 4 is 29.0 Å². The molecular formula is C15H16ClN3O2. The molecule has 2 aromatic rings. The summed E-state index contributed by atoms with van der Waals surface area (Å²) in [7, 11) is 2.98. The zero-order chi connectivity index (χ0) is 15.4. The zero-order valence-corrected chi connectivity index (χ0v) is 12.8. The Bertz CT molecular complexity index is 661. The maximum absolute atomic E-state index is 12.2. The van der Waals surface area contributed by atoms with Gasteiger partial charge in [-0.3, -0.25) is 9.63 Å². The van der Waals surface area contributed by atoms with Crippen molar-refractivity contribution in [3.05, 3.63) is 52.7 Å². The lowest BCUT2D eigenvalue weighted by Gasteiger charge is -2.17. The fourth-order valence-electron chi connectivity index (χ4n) is 1.80. The first-order valence-corrected chi connectivity index (χ1v) is 6.71. The molecule has 0 radical (unpaired) electrons. The van der Waals surface area contributed by atoms with Crippen LogP contribution in [0.5, 0.6) is 0 Å². The molecule has 0 aliphatic carbocycles. The molecule has 0 aliphatic rings. The number of nitrogens with zero attached hydrogens (tertiary/aromatic N) is 2. The Kier molecular flexibility index (Phi) is 4.77. The lowest BCUT2D eigenvalue weighted by molar-refractivity contribution is -0.0756. The average molecular weight is 306 g/mol. The molecule has 5 nitrogen and oxygen atoms in total. The summed E-state index contributed by atoms with van der Waals surface area (Å²) in [4.78, 5) is 21.4. The van der Waals surface area contributed by atoms with Gasteiger partial charge in [0.05, 0.1) is 12.7 Å². The van der Waals surface area contributed by atoms with Gasteiger partial charge in [0.25, 0.3) is 5.91 Å². The quantitative estimate of drug-likeness (QED) is 0.879. The lowest BCUT2D eigenvalue weighted by Crippen LogP contribution is -2.26. The second-order valence-electron chi connectivity index (χ2n) is 4.42. The van der Waals surface area contributed by atoms with Crippen molar-refractivity contribution < 1.29 is 9.63 Å². The van der Waals surface area contributed by atoms with Gasteiger partial charge in [-0.1, -0.05) is 17.7 Å². The molecule has 1 heterocycles. The van der Waals surface area contributed by atoms with Crippen LogP contribution in [0.25, 0.3) is 0 Å². The molecule has 0 saturated heterocycles. The molecule has 0 atom stereocenters. The number of nitrogens with one attached hydrogen (secondary N) is 1. The van der Waals surface area contributed by atoms with Gasteiger partial charge in [0.2, 0.25) is 0 Å². The molecule has 1 aromatic carbocycles. The number of aromatic nitrogens is 1. The van der Waals surface area contributed by atoms with Gasteiger partial charge in [-0.25, -0.2) is 10.0 Å². The Hall–Kier alpha value is -2.11. The fraction of sp³-hybridized carbons (Fsp3) is 0.200. The highest BCUT2D eigenvalue weighted by Crippen LogP contribution is 2.27. The molecule has 1 aromatic heterocycles. The number of hydroxylamine groups is 2. The van der Waals surface area contributed by atoms with Crippen LogP contribution in [-0.2, 0) is 4.84 Å². The molecule has 1 N–H and O–H groups in total. The van der Waals surface area contributed by atoms with Crippen LogP contribution in [-0.4, -0.2) is 30.1 Å². The van der Waals surface area contributed by atoms with E-state index in [0.717, 1.165) is 16.3 Å². The number of carbonyl (C=O) groups excluding carboxylic acids is 1. The summed E-state index contributed by atoms with van der Waals surface area (Å²) in [6.07, 6.45) is 1.62. The van der Waals surface area contributed by atoms with E-state index in [1.807, 2.05) is 25.1 Å². The predicted octanol–water partition coefficient (Wildman–Crippen LogP) is 3.42. The third kappa shape index (κ3) is 3.32. The van der Waals surface area contributed by atoms with Crippen molar-refractivity contribution in [2.45, 2.75) is 6.92 Å². The summed E-state index contributed by atoms with van der Waals surface area (Å²) in [6.45, 7) is 1.90. The van der Waals surface area contributed by atoms with E-state index < -0.39 is 0 Å². The summed E-state index contributed by atoms with van der Waals surface area (Å²) in [5.41, 5.74) is 2.11. The average Bonchev–Trinajstić information content (AvgIpc) is 2.51. The zero-order valence-electron chi connectivity index (χ0n) is 12.1. The molecule has 110 valence electrons. The van der Waals surface area contributed by atoms with Gasteiger partial charge >= 0.3 is 0 Å². The summed E-state index contributed by atoms with van der Waals surface area (Å²) in [5.74, 6) is 0.171. The first-order chi connectivity index (χ1) is 10.0. The van der Waals surface area contributed by atoms with Crippen molar-refractivity contribution in [3.8, 4) is 0 Å². The Morgan fingerprint density at radius 3 is 2.81 bits per heavy atom. The molecule has 1 amide bonds. The number of benzene rings is 1. The number of halogens is 1. The Labute approximate surface area is 128 Å². The lowest BCUT2D eigenvalue weighted by atomic mass is 10.2. The van der Waals surface area contributed by atoms with E-state index in [1.165, 1.54) is 7.11 Å². The van der Waals surface area contributed by atoms with Crippen molar-refractivity contribution in [2.75, 3.05) is 19.5 Å². The van der Waals surface area contributed by atoms with Crippen LogP contribution in [0.15, 0.2) is 36.5 Å². The molecule has 0 spiro atoms. The van der Waals surface area contributed by atoms with Crippen LogP contribution in [0.3, 0.4) is 0 Å². The third-order valence-corrected chi connectivity index (χ3v) is 3.53. The van der Waals surface area contributed by atoms with Crippen molar-refractivity contribution in [3.63, 3.8) is 0 Å². The topological polar surface area (TPSA) is 54.5 Å². The smallest absolute Gasteiger partial charge is 0.280 e. The summed E-state index contributed by atoms with van der Waals surface area (Å²) < 4.78 is 0. The van der Waals surface area contributed by atoms with E-state index in [2.05, 4.69) is 10.3 Å². The summed E-state index contributed by atoms with van der Waals surface area (Å²) in [5, 5.41) is 4.94. The maximum atomic E-state index is 12.2. The molecular weight excluding hydrogens is 290 g/mol. The van der Waals surface area contributed by atoms with Gasteiger partial charge in [0.15, 0.2) is 0 Å². The van der Waals surface area contributed by atoms with Gasteiger partial charge < -0.3 is 5.32 Å². The van der Waals surface area contributed by atoms with E-state index in [9.17, 15) is 4.79 Å². The van der Waals surface area contributed by atoms with Gasteiger partial charge in [-0.15, -0.1) is 0 Å². The number of rotatable bonds is 4. The number of amides is 1. The predicted molar refractivity (Wildman–Crippen MR) is 82.8 cm³/mol. The minimum absolute atomic E-state index is 0.284. The van der Waals surface area contributed by atoms with Crippen LogP contribution in [0.2, 0.25) is 5.02 Å². The largest absolute Gasteiger partial charge is 0.339 e. The molecule has 0 fully saturated rings. The van der Waals surface area contributed by atoms with Gasteiger partial charge in [0, 0.05) is 24.0 Å². The first kappa shape index (κ1) is 15.3. The summed E-state index contributed by atoms with van der Waals surface area (Å²) in [6, 6.07) is 8.92. The van der Waals surface area contributed by atoms with E-state index >= 15 is 0 Å². The molecule has 6 heteroatoms. The van der Waals surface area contributed by atoms with Crippen LogP contribution in [0.1, 0.15) is 15.9 Å². The number of pyridine rings is 1. The molecule has 21 heavy (non-hydrogen) atoms. The van der Waals surface area contributed by atoms with Crippen molar-refractivity contribution in [1.82, 2.24) is 10.0 Å². The first-order valence-electron chi connectivity index (χ1n) is 6.34. The van der Waals surface area contributed by atoms with E-state index in [4.69, 9.17) is 16.4 Å². The van der Waals surface area contributed by atoms with Crippen LogP contribution < -0.4 is 5.32 Å². The van der Waals surface area contributed by atoms with E-state index in [1.54, 1.807) is 25.4 Å². The molecule has 2 rings (SSSR count). The Morgan fingerprint density at radius 1 is 1.33 bits per heavy atom. The highest BCUT2D eigenvalue weighted by atomic mass is 35.5. The van der Waals surface area contributed by atoms with Crippen LogP contribution in [0, 0.1) is 6.92 Å². The van der Waals surface area contributed by atoms with Gasteiger partial charge in [0.1, 0.15) is 5.82 Å². The SMILES string of the molecule is CON(C)C(=O)c1cccnc1Nc1cccc(Cl)c1C. The van der Waals surface area contributed by atoms with Gasteiger partial charge in [-0.05, 0) is 36.8 Å². The number of anilines is 2.